The van der Waals surface area contributed by atoms with E-state index in [-0.39, 0.29) is 15.3 Å². The van der Waals surface area contributed by atoms with Crippen molar-refractivity contribution in [3.05, 3.63) is 33.9 Å². The minimum Gasteiger partial charge on any atom is -0.443 e. The zero-order chi connectivity index (χ0) is 27.8. The summed E-state index contributed by atoms with van der Waals surface area (Å²) in [7, 11) is -4.00. The Morgan fingerprint density at radius 1 is 1.14 bits per heavy atom. The number of amides is 1. The van der Waals surface area contributed by atoms with E-state index in [1.54, 1.807) is 47.8 Å². The van der Waals surface area contributed by atoms with Crippen LogP contribution in [0, 0.1) is 0 Å². The molecule has 1 aromatic carbocycles. The van der Waals surface area contributed by atoms with Gasteiger partial charge in [-0.15, -0.1) is 23.1 Å². The highest BCUT2D eigenvalue weighted by Gasteiger charge is 2.27. The number of hydrogen-bond donors (Lipinski definition) is 1. The quantitative estimate of drug-likeness (QED) is 0.205. The summed E-state index contributed by atoms with van der Waals surface area (Å²) in [5.74, 6) is 0. The normalized spacial score (nSPS) is 12.8. The zero-order valence-electron chi connectivity index (χ0n) is 21.3. The molecule has 0 saturated heterocycles. The highest BCUT2D eigenvalue weighted by Crippen LogP contribution is 2.38. The first-order chi connectivity index (χ1) is 17.0. The van der Waals surface area contributed by atoms with E-state index in [2.05, 4.69) is 31.4 Å². The van der Waals surface area contributed by atoms with E-state index in [4.69, 9.17) is 9.47 Å². The second-order valence-corrected chi connectivity index (χ2v) is 14.7. The average Bonchev–Trinajstić information content (AvgIpc) is 3.36. The topological polar surface area (TPSA) is 129 Å². The van der Waals surface area contributed by atoms with Gasteiger partial charge >= 0.3 is 12.2 Å². The molecule has 0 bridgehead atoms. The number of ether oxygens (including phenoxy) is 2. The largest absolute Gasteiger partial charge is 0.443 e. The predicted octanol–water partition coefficient (Wildman–Crippen LogP) is 6.06. The second-order valence-electron chi connectivity index (χ2n) is 9.75. The number of carbonyl (C=O) groups is 2. The number of nitrogens with one attached hydrogen (secondary N) is 1. The Hall–Kier alpha value is -2.42. The molecule has 200 valence electrons. The summed E-state index contributed by atoms with van der Waals surface area (Å²) < 4.78 is 40.0. The van der Waals surface area contributed by atoms with E-state index >= 15 is 0 Å². The van der Waals surface area contributed by atoms with Gasteiger partial charge in [0.2, 0.25) is 9.84 Å². The molecule has 0 spiro atoms. The Kier molecular flexibility index (Phi) is 8.47. The monoisotopic (exact) mass is 630 g/mol. The van der Waals surface area contributed by atoms with Crippen LogP contribution in [0.5, 0.6) is 0 Å². The number of thioether (sulfide) groups is 1. The number of benzene rings is 1. The van der Waals surface area contributed by atoms with Crippen molar-refractivity contribution in [2.45, 2.75) is 66.7 Å². The first-order valence-electron chi connectivity index (χ1n) is 10.9. The number of carbonyl (C=O) groups excluding carboxylic acids is 2. The third kappa shape index (κ3) is 7.12. The van der Waals surface area contributed by atoms with E-state index in [0.29, 0.717) is 19.1 Å². The third-order valence-corrected chi connectivity index (χ3v) is 9.21. The molecule has 2 aromatic heterocycles. The Morgan fingerprint density at radius 3 is 2.38 bits per heavy atom. The number of aromatic nitrogens is 2. The van der Waals surface area contributed by atoms with E-state index in [1.165, 1.54) is 58.4 Å². The van der Waals surface area contributed by atoms with E-state index in [1.807, 2.05) is 0 Å². The number of hydrazone groups is 1. The van der Waals surface area contributed by atoms with Crippen LogP contribution >= 0.6 is 39.0 Å². The van der Waals surface area contributed by atoms with E-state index < -0.39 is 33.2 Å². The number of rotatable bonds is 5. The van der Waals surface area contributed by atoms with Crippen LogP contribution in [0.1, 0.15) is 46.4 Å². The molecule has 0 aliphatic carbocycles. The molecule has 3 aromatic rings. The molecule has 0 aliphatic heterocycles. The highest BCUT2D eigenvalue weighted by molar-refractivity contribution is 9.10. The van der Waals surface area contributed by atoms with Crippen LogP contribution < -0.4 is 5.43 Å². The van der Waals surface area contributed by atoms with Crippen LogP contribution in [-0.4, -0.2) is 53.8 Å². The smallest absolute Gasteiger partial charge is 0.428 e. The molecule has 2 heterocycles. The maximum absolute atomic E-state index is 13.7. The summed E-state index contributed by atoms with van der Waals surface area (Å²) in [6.45, 7) is 10.4. The van der Waals surface area contributed by atoms with Gasteiger partial charge in [-0.25, -0.2) is 33.0 Å². The number of hydrogen-bond acceptors (Lipinski definition) is 10. The summed E-state index contributed by atoms with van der Waals surface area (Å²) in [6, 6.07) is 4.32. The molecule has 3 rings (SSSR count). The van der Waals surface area contributed by atoms with E-state index in [9.17, 15) is 18.0 Å². The number of thiophene rings is 1. The lowest BCUT2D eigenvalue weighted by molar-refractivity contribution is 0.0523. The summed E-state index contributed by atoms with van der Waals surface area (Å²) in [4.78, 5) is 29.3. The molecule has 10 nitrogen and oxygen atoms in total. The molecule has 14 heteroatoms. The van der Waals surface area contributed by atoms with E-state index in [0.717, 1.165) is 0 Å². The fourth-order valence-electron chi connectivity index (χ4n) is 3.01. The highest BCUT2D eigenvalue weighted by atomic mass is 79.9. The van der Waals surface area contributed by atoms with Crippen LogP contribution in [0.15, 0.2) is 48.1 Å². The molecule has 0 aliphatic rings. The van der Waals surface area contributed by atoms with Crippen molar-refractivity contribution in [3.8, 4) is 0 Å². The van der Waals surface area contributed by atoms with Gasteiger partial charge in [0.05, 0.1) is 25.7 Å². The number of imidazole rings is 1. The fourth-order valence-corrected chi connectivity index (χ4v) is 7.65. The van der Waals surface area contributed by atoms with Crippen LogP contribution in [0.25, 0.3) is 11.0 Å². The van der Waals surface area contributed by atoms with Gasteiger partial charge in [-0.3, -0.25) is 0 Å². The zero-order valence-corrected chi connectivity index (χ0v) is 25.3. The second kappa shape index (κ2) is 10.8. The molecule has 0 atom stereocenters. The Balaban J connectivity index is 1.97. The maximum atomic E-state index is 13.7. The van der Waals surface area contributed by atoms with Gasteiger partial charge in [-0.2, -0.15) is 5.10 Å². The Labute approximate surface area is 231 Å². The lowest BCUT2D eigenvalue weighted by Crippen LogP contribution is -2.29. The third-order valence-electron chi connectivity index (χ3n) is 4.39. The Bertz CT molecular complexity index is 1480. The van der Waals surface area contributed by atoms with Crippen LogP contribution in [0.2, 0.25) is 0 Å². The van der Waals surface area contributed by atoms with Crippen LogP contribution in [0.4, 0.5) is 9.59 Å². The first kappa shape index (κ1) is 29.1. The van der Waals surface area contributed by atoms with Gasteiger partial charge in [0, 0.05) is 9.35 Å². The van der Waals surface area contributed by atoms with Crippen LogP contribution in [0.3, 0.4) is 0 Å². The van der Waals surface area contributed by atoms with Crippen molar-refractivity contribution in [3.63, 3.8) is 0 Å². The average molecular weight is 632 g/mol. The van der Waals surface area contributed by atoms with Gasteiger partial charge in [-0.1, -0.05) is 0 Å². The molecule has 0 radical (unpaired) electrons. The van der Waals surface area contributed by atoms with Gasteiger partial charge < -0.3 is 9.47 Å². The lowest BCUT2D eigenvalue weighted by atomic mass is 10.2. The minimum absolute atomic E-state index is 0.0272. The summed E-state index contributed by atoms with van der Waals surface area (Å²) in [6.07, 6.45) is 3.01. The number of halogens is 1. The lowest BCUT2D eigenvalue weighted by Gasteiger charge is -2.19. The maximum Gasteiger partial charge on any atom is 0.428 e. The molecule has 1 N–H and O–H groups in total. The summed E-state index contributed by atoms with van der Waals surface area (Å²) in [5, 5.41) is 3.86. The van der Waals surface area contributed by atoms with Gasteiger partial charge in [-0.05, 0) is 81.9 Å². The molecule has 1 amide bonds. The fraction of sp³-hybridized carbons (Fsp3) is 0.391. The summed E-state index contributed by atoms with van der Waals surface area (Å²) in [5.41, 5.74) is 1.55. The number of sulfone groups is 1. The number of nitrogens with zero attached hydrogens (tertiary/aromatic N) is 3. The van der Waals surface area contributed by atoms with Crippen LogP contribution in [-0.2, 0) is 19.3 Å². The van der Waals surface area contributed by atoms with Crippen molar-refractivity contribution in [2.24, 2.45) is 5.10 Å². The molecule has 0 saturated carbocycles. The Morgan fingerprint density at radius 2 is 1.78 bits per heavy atom. The minimum atomic E-state index is -4.00. The molecular weight excluding hydrogens is 604 g/mol. The van der Waals surface area contributed by atoms with Crippen molar-refractivity contribution in [1.82, 2.24) is 15.0 Å². The number of fused-ring (bicyclic) bond motifs is 1. The van der Waals surface area contributed by atoms with Gasteiger partial charge in [0.15, 0.2) is 0 Å². The molecule has 0 fully saturated rings. The molecule has 0 unspecified atom stereocenters. The van der Waals surface area contributed by atoms with Gasteiger partial charge in [0.25, 0.3) is 0 Å². The van der Waals surface area contributed by atoms with Crippen molar-refractivity contribution in [2.75, 3.05) is 6.26 Å². The first-order valence-corrected chi connectivity index (χ1v) is 15.2. The van der Waals surface area contributed by atoms with Crippen molar-refractivity contribution in [1.29, 1.82) is 0 Å². The van der Waals surface area contributed by atoms with Gasteiger partial charge in [0.1, 0.15) is 23.0 Å². The SMILES string of the molecule is CSc1sc(C=NNC(=O)OC(C)(C)C)cc1S(=O)(=O)c1cc(Br)c2ncn(C(=O)OC(C)(C)C)c2c1. The summed E-state index contributed by atoms with van der Waals surface area (Å²) >= 11 is 5.86. The van der Waals surface area contributed by atoms with Crippen molar-refractivity contribution < 1.29 is 27.5 Å². The molecule has 37 heavy (non-hydrogen) atoms. The predicted molar refractivity (Wildman–Crippen MR) is 148 cm³/mol. The standard InChI is InChI=1S/C23H27BrN4O6S3/c1-22(2,3)33-20(29)27-26-11-13-8-17(19(35-7)36-13)37(31,32)14-9-15(24)18-16(10-14)28(12-25-18)21(30)34-23(4,5)6/h8-12H,1-7H3,(H,27,29). The van der Waals surface area contributed by atoms with Crippen molar-refractivity contribution >= 4 is 78.3 Å². The molecular formula is C23H27BrN4O6S3.